The first-order valence-electron chi connectivity index (χ1n) is 8.77. The van der Waals surface area contributed by atoms with Crippen molar-refractivity contribution in [1.82, 2.24) is 9.55 Å². The lowest BCUT2D eigenvalue weighted by atomic mass is 9.86. The van der Waals surface area contributed by atoms with E-state index in [1.165, 1.54) is 0 Å². The highest BCUT2D eigenvalue weighted by molar-refractivity contribution is 5.70. The predicted molar refractivity (Wildman–Crippen MR) is 79.5 cm³/mol. The maximum absolute atomic E-state index is 13.7. The summed E-state index contributed by atoms with van der Waals surface area (Å²) in [7, 11) is 0. The van der Waals surface area contributed by atoms with Gasteiger partial charge in [-0.05, 0) is 0 Å². The fourth-order valence-corrected chi connectivity index (χ4v) is 2.25. The number of hydrogen-bond acceptors (Lipinski definition) is 3. The Kier molecular flexibility index (Phi) is 8.30. The van der Waals surface area contributed by atoms with Gasteiger partial charge in [-0.1, -0.05) is 0 Å². The minimum Gasteiger partial charge on any atom is -0.442 e. The van der Waals surface area contributed by atoms with Crippen molar-refractivity contribution in [2.45, 2.75) is 59.7 Å². The minimum absolute atomic E-state index is 0.00684. The van der Waals surface area contributed by atoms with Gasteiger partial charge in [-0.25, -0.2) is 23.1 Å². The zero-order valence-electron chi connectivity index (χ0n) is 17.3. The molecule has 0 aliphatic rings. The number of rotatable bonds is 11. The fraction of sp³-hybridized carbons (Fsp3) is 0.733. The molecule has 0 aliphatic carbocycles. The van der Waals surface area contributed by atoms with E-state index in [1.807, 2.05) is 0 Å². The molecule has 1 aromatic heterocycles. The van der Waals surface area contributed by atoms with Crippen LogP contribution < -0.4 is 0 Å². The summed E-state index contributed by atoms with van der Waals surface area (Å²) in [6.45, 7) is -3.44. The number of carbonyl (C=O) groups is 1. The Morgan fingerprint density at radius 3 is 1.33 bits per heavy atom. The van der Waals surface area contributed by atoms with E-state index in [-0.39, 0.29) is 4.57 Å². The number of nitrogens with zero attached hydrogens (tertiary/aromatic N) is 2. The van der Waals surface area contributed by atoms with Gasteiger partial charge in [0.1, 0.15) is 6.33 Å². The van der Waals surface area contributed by atoms with E-state index in [1.54, 1.807) is 0 Å². The Balaban J connectivity index is 3.56. The van der Waals surface area contributed by atoms with E-state index < -0.39 is 72.4 Å². The lowest BCUT2D eigenvalue weighted by Crippen LogP contribution is -2.76. The molecule has 4 nitrogen and oxygen atoms in total. The quantitative estimate of drug-likeness (QED) is 0.253. The van der Waals surface area contributed by atoms with Gasteiger partial charge >= 0.3 is 65.8 Å². The van der Waals surface area contributed by atoms with E-state index in [4.69, 9.17) is 0 Å². The molecule has 24 heteroatoms. The molecule has 1 heterocycles. The van der Waals surface area contributed by atoms with Gasteiger partial charge in [0.2, 0.25) is 0 Å². The van der Waals surface area contributed by atoms with Gasteiger partial charge in [0.05, 0.1) is 0 Å². The molecule has 0 spiro atoms. The number of carbonyl (C=O) groups excluding carboxylic acids is 1. The predicted octanol–water partition coefficient (Wildman–Crippen LogP) is 6.85. The third-order valence-electron chi connectivity index (χ3n) is 4.61. The van der Waals surface area contributed by atoms with Crippen LogP contribution in [-0.2, 0) is 4.74 Å². The molecule has 0 unspecified atom stereocenters. The topological polar surface area (TPSA) is 44.1 Å². The van der Waals surface area contributed by atoms with Crippen molar-refractivity contribution in [2.75, 3.05) is 6.61 Å². The summed E-state index contributed by atoms with van der Waals surface area (Å²) < 4.78 is 269. The second kappa shape index (κ2) is 9.44. The van der Waals surface area contributed by atoms with Crippen LogP contribution in [0.15, 0.2) is 18.7 Å². The summed E-state index contributed by atoms with van der Waals surface area (Å²) in [5.41, 5.74) is 0. The molecule has 0 saturated heterocycles. The van der Waals surface area contributed by atoms with Gasteiger partial charge in [0, 0.05) is 12.4 Å². The van der Waals surface area contributed by atoms with Gasteiger partial charge in [0.15, 0.2) is 6.61 Å². The van der Waals surface area contributed by atoms with Crippen molar-refractivity contribution in [3.05, 3.63) is 18.7 Å². The second-order valence-corrected chi connectivity index (χ2v) is 7.17. The summed E-state index contributed by atoms with van der Waals surface area (Å²) in [6, 6.07) is 0. The van der Waals surface area contributed by atoms with Crippen molar-refractivity contribution in [1.29, 1.82) is 0 Å². The zero-order chi connectivity index (χ0) is 31.5. The Bertz CT molecular complexity index is 1020. The van der Waals surface area contributed by atoms with Crippen LogP contribution in [0.25, 0.3) is 0 Å². The summed E-state index contributed by atoms with van der Waals surface area (Å²) in [4.78, 5) is 14.3. The average Bonchev–Trinajstić information content (AvgIpc) is 3.31. The third-order valence-corrected chi connectivity index (χ3v) is 4.61. The van der Waals surface area contributed by atoms with Crippen LogP contribution in [-0.4, -0.2) is 82.0 Å². The van der Waals surface area contributed by atoms with Gasteiger partial charge in [0.25, 0.3) is 0 Å². The van der Waals surface area contributed by atoms with Crippen molar-refractivity contribution in [3.63, 3.8) is 0 Å². The molecule has 228 valence electrons. The molecule has 0 N–H and O–H groups in total. The van der Waals surface area contributed by atoms with Crippen molar-refractivity contribution in [2.24, 2.45) is 0 Å². The van der Waals surface area contributed by atoms with Gasteiger partial charge in [-0.2, -0.15) is 79.0 Å². The normalized spacial score (nSPS) is 15.6. The van der Waals surface area contributed by atoms with Crippen LogP contribution in [0.3, 0.4) is 0 Å². The Morgan fingerprint density at radius 1 is 0.641 bits per heavy atom. The first-order valence-corrected chi connectivity index (χ1v) is 8.77. The molecular weight excluding hydrogens is 620 g/mol. The largest absolute Gasteiger partial charge is 0.442 e. The van der Waals surface area contributed by atoms with E-state index in [9.17, 15) is 92.6 Å². The summed E-state index contributed by atoms with van der Waals surface area (Å²) >= 11 is 0. The number of imidazole rings is 1. The zero-order valence-corrected chi connectivity index (χ0v) is 17.3. The number of ether oxygens (including phenoxy) is 1. The minimum atomic E-state index is -9.10. The monoisotopic (exact) mass is 626 g/mol. The molecule has 0 aliphatic heterocycles. The van der Waals surface area contributed by atoms with Gasteiger partial charge < -0.3 is 4.74 Å². The molecular formula is C15H6F20N2O2. The highest BCUT2D eigenvalue weighted by atomic mass is 19.4. The fourth-order valence-electron chi connectivity index (χ4n) is 2.25. The summed E-state index contributed by atoms with van der Waals surface area (Å²) in [6.07, 6.45) is -6.77. The highest BCUT2D eigenvalue weighted by Crippen LogP contribution is 2.65. The van der Waals surface area contributed by atoms with Gasteiger partial charge in [-0.15, -0.1) is 0 Å². The molecule has 0 atom stereocenters. The van der Waals surface area contributed by atoms with E-state index in [0.29, 0.717) is 18.7 Å². The SMILES string of the molecule is O=C(OCC(F)(F)C(F)(F)C(F)(F)C(F)(F)C(F)(F)C(F)(F)C(F)(F)C(F)(F)C(F)(F)C(F)F)n1ccnc1. The Morgan fingerprint density at radius 2 is 1.00 bits per heavy atom. The molecule has 0 bridgehead atoms. The lowest BCUT2D eigenvalue weighted by molar-refractivity contribution is -0.465. The molecule has 0 radical (unpaired) electrons. The van der Waals surface area contributed by atoms with Crippen molar-refractivity contribution >= 4 is 6.09 Å². The number of aromatic nitrogens is 2. The van der Waals surface area contributed by atoms with Crippen molar-refractivity contribution in [3.8, 4) is 0 Å². The highest BCUT2D eigenvalue weighted by Gasteiger charge is 2.96. The smallest absolute Gasteiger partial charge is 0.419 e. The van der Waals surface area contributed by atoms with E-state index in [2.05, 4.69) is 9.72 Å². The number of hydrogen-bond donors (Lipinski definition) is 0. The first kappa shape index (κ1) is 34.3. The Labute approximate surface area is 199 Å². The van der Waals surface area contributed by atoms with E-state index >= 15 is 0 Å². The molecule has 1 aromatic rings. The molecule has 1 rings (SSSR count). The average molecular weight is 626 g/mol. The van der Waals surface area contributed by atoms with Crippen LogP contribution in [0.5, 0.6) is 0 Å². The number of halogens is 20. The first-order chi connectivity index (χ1) is 16.9. The van der Waals surface area contributed by atoms with Crippen molar-refractivity contribution < 1.29 is 97.3 Å². The van der Waals surface area contributed by atoms with Gasteiger partial charge in [-0.3, -0.25) is 0 Å². The molecule has 39 heavy (non-hydrogen) atoms. The third kappa shape index (κ3) is 4.59. The standard InChI is InChI=1S/C15H6F20N2O2/c16-5(17)8(20,21)10(24,25)12(28,29)14(32,33)15(34,35)13(30,31)11(26,27)9(22,23)7(18,19)3-39-6(38)37-2-1-36-4-37/h1-2,4-5H,3H2. The summed E-state index contributed by atoms with van der Waals surface area (Å²) in [5.74, 6) is -76.0. The van der Waals surface area contributed by atoms with Crippen LogP contribution in [0.1, 0.15) is 0 Å². The molecule has 0 aromatic carbocycles. The second-order valence-electron chi connectivity index (χ2n) is 7.17. The lowest BCUT2D eigenvalue weighted by Gasteiger charge is -2.44. The molecule has 0 amide bonds. The van der Waals surface area contributed by atoms with Crippen LogP contribution in [0.2, 0.25) is 0 Å². The van der Waals surface area contributed by atoms with Crippen LogP contribution in [0.4, 0.5) is 92.6 Å². The number of alkyl halides is 20. The maximum atomic E-state index is 13.7. The summed E-state index contributed by atoms with van der Waals surface area (Å²) in [5, 5.41) is 0. The van der Waals surface area contributed by atoms with Crippen LogP contribution >= 0.6 is 0 Å². The Hall–Kier alpha value is -2.72. The maximum Gasteiger partial charge on any atom is 0.419 e. The molecule has 0 saturated carbocycles. The molecule has 0 fully saturated rings. The van der Waals surface area contributed by atoms with E-state index in [0.717, 1.165) is 0 Å². The van der Waals surface area contributed by atoms with Crippen LogP contribution in [0, 0.1) is 0 Å².